The summed E-state index contributed by atoms with van der Waals surface area (Å²) in [4.78, 5) is 7.27. The van der Waals surface area contributed by atoms with E-state index in [2.05, 4.69) is 36.2 Å². The number of ether oxygens (including phenoxy) is 3. The smallest absolute Gasteiger partial charge is 0.193 e. The minimum atomic E-state index is 0. The number of nitrogens with one attached hydrogen (secondary N) is 1. The number of hydrogen-bond acceptors (Lipinski definition) is 4. The molecule has 0 aliphatic carbocycles. The van der Waals surface area contributed by atoms with Gasteiger partial charge in [0.15, 0.2) is 5.96 Å². The molecule has 0 aromatic heterocycles. The summed E-state index contributed by atoms with van der Waals surface area (Å²) in [6.07, 6.45) is 7.20. The van der Waals surface area contributed by atoms with E-state index in [0.717, 1.165) is 76.8 Å². The van der Waals surface area contributed by atoms with Gasteiger partial charge >= 0.3 is 0 Å². The first-order valence-electron chi connectivity index (χ1n) is 11.6. The molecular weight excluding hydrogens is 505 g/mol. The van der Waals surface area contributed by atoms with Gasteiger partial charge in [-0.2, -0.15) is 0 Å². The summed E-state index contributed by atoms with van der Waals surface area (Å²) >= 11 is 0. The molecule has 1 N–H and O–H groups in total. The molecule has 1 atom stereocenters. The van der Waals surface area contributed by atoms with Crippen LogP contribution in [0.5, 0.6) is 5.75 Å². The van der Waals surface area contributed by atoms with E-state index >= 15 is 0 Å². The minimum Gasteiger partial charge on any atom is -0.496 e. The molecule has 1 unspecified atom stereocenters. The average molecular weight is 546 g/mol. The van der Waals surface area contributed by atoms with Crippen LogP contribution in [-0.2, 0) is 15.9 Å². The predicted molar refractivity (Wildman–Crippen MR) is 137 cm³/mol. The Balaban J connectivity index is 0.00000341. The van der Waals surface area contributed by atoms with Gasteiger partial charge in [-0.05, 0) is 64.0 Å². The predicted octanol–water partition coefficient (Wildman–Crippen LogP) is 4.18. The van der Waals surface area contributed by atoms with Gasteiger partial charge in [0.2, 0.25) is 0 Å². The van der Waals surface area contributed by atoms with Crippen molar-refractivity contribution in [1.82, 2.24) is 10.2 Å². The number of nitrogens with zero attached hydrogens (tertiary/aromatic N) is 2. The number of hydrogen-bond donors (Lipinski definition) is 1. The first-order chi connectivity index (χ1) is 14.7. The molecule has 3 rings (SSSR count). The summed E-state index contributed by atoms with van der Waals surface area (Å²) in [7, 11) is 1.73. The van der Waals surface area contributed by atoms with Crippen molar-refractivity contribution in [3.63, 3.8) is 0 Å². The molecule has 2 heterocycles. The molecule has 0 spiro atoms. The van der Waals surface area contributed by atoms with E-state index in [1.807, 2.05) is 6.07 Å². The van der Waals surface area contributed by atoms with Crippen LogP contribution < -0.4 is 10.1 Å². The Hall–Kier alpha value is -1.06. The number of halogens is 1. The van der Waals surface area contributed by atoms with Gasteiger partial charge in [-0.15, -0.1) is 24.0 Å². The van der Waals surface area contributed by atoms with E-state index in [1.54, 1.807) is 7.11 Å². The van der Waals surface area contributed by atoms with Crippen molar-refractivity contribution in [1.29, 1.82) is 0 Å². The maximum Gasteiger partial charge on any atom is 0.193 e. The summed E-state index contributed by atoms with van der Waals surface area (Å²) in [5.74, 6) is 1.96. The Kier molecular flexibility index (Phi) is 12.0. The van der Waals surface area contributed by atoms with Crippen LogP contribution in [0.3, 0.4) is 0 Å². The Bertz CT molecular complexity index is 672. The van der Waals surface area contributed by atoms with Crippen LogP contribution in [0.25, 0.3) is 0 Å². The van der Waals surface area contributed by atoms with Gasteiger partial charge in [0.1, 0.15) is 5.75 Å². The molecule has 31 heavy (non-hydrogen) atoms. The molecule has 1 aromatic rings. The van der Waals surface area contributed by atoms with Crippen molar-refractivity contribution in [3.05, 3.63) is 29.3 Å². The van der Waals surface area contributed by atoms with Gasteiger partial charge in [0.05, 0.1) is 25.9 Å². The quantitative estimate of drug-likeness (QED) is 0.302. The SMILES string of the molecule is CCNC(=NCCc1cc(C)ccc1OC)N1CCC(OCC2CCCCO2)CC1.I. The zero-order chi connectivity index (χ0) is 21.2. The van der Waals surface area contributed by atoms with Crippen LogP contribution >= 0.6 is 24.0 Å². The number of guanidine groups is 1. The summed E-state index contributed by atoms with van der Waals surface area (Å²) in [6, 6.07) is 6.32. The monoisotopic (exact) mass is 545 g/mol. The van der Waals surface area contributed by atoms with Gasteiger partial charge in [-0.25, -0.2) is 0 Å². The lowest BCUT2D eigenvalue weighted by Crippen LogP contribution is -2.47. The van der Waals surface area contributed by atoms with Gasteiger partial charge in [0.25, 0.3) is 0 Å². The van der Waals surface area contributed by atoms with Gasteiger partial charge in [0, 0.05) is 32.8 Å². The van der Waals surface area contributed by atoms with E-state index in [0.29, 0.717) is 12.2 Å². The fourth-order valence-electron chi connectivity index (χ4n) is 4.23. The highest BCUT2D eigenvalue weighted by atomic mass is 127. The highest BCUT2D eigenvalue weighted by Crippen LogP contribution is 2.21. The zero-order valence-electron chi connectivity index (χ0n) is 19.4. The van der Waals surface area contributed by atoms with E-state index in [9.17, 15) is 0 Å². The van der Waals surface area contributed by atoms with Crippen molar-refractivity contribution < 1.29 is 14.2 Å². The van der Waals surface area contributed by atoms with E-state index in [1.165, 1.54) is 24.0 Å². The molecule has 7 heteroatoms. The van der Waals surface area contributed by atoms with Crippen LogP contribution in [0.15, 0.2) is 23.2 Å². The number of benzene rings is 1. The number of aliphatic imine (C=N–C) groups is 1. The number of likely N-dealkylation sites (tertiary alicyclic amines) is 1. The molecule has 2 saturated heterocycles. The maximum absolute atomic E-state index is 6.16. The molecule has 0 saturated carbocycles. The molecular formula is C24H40IN3O3. The second kappa shape index (κ2) is 14.2. The number of methoxy groups -OCH3 is 1. The largest absolute Gasteiger partial charge is 0.496 e. The minimum absolute atomic E-state index is 0. The van der Waals surface area contributed by atoms with E-state index in [4.69, 9.17) is 19.2 Å². The van der Waals surface area contributed by atoms with Crippen LogP contribution in [0.4, 0.5) is 0 Å². The van der Waals surface area contributed by atoms with Gasteiger partial charge in [-0.3, -0.25) is 4.99 Å². The third-order valence-electron chi connectivity index (χ3n) is 5.95. The summed E-state index contributed by atoms with van der Waals surface area (Å²) in [6.45, 7) is 9.47. The third kappa shape index (κ3) is 8.42. The average Bonchev–Trinajstić information content (AvgIpc) is 2.78. The van der Waals surface area contributed by atoms with Crippen LogP contribution in [0.1, 0.15) is 50.2 Å². The number of piperidine rings is 1. The highest BCUT2D eigenvalue weighted by molar-refractivity contribution is 14.0. The van der Waals surface area contributed by atoms with Gasteiger partial charge in [-0.1, -0.05) is 17.7 Å². The van der Waals surface area contributed by atoms with Crippen molar-refractivity contribution >= 4 is 29.9 Å². The van der Waals surface area contributed by atoms with Crippen molar-refractivity contribution in [2.45, 2.75) is 64.6 Å². The van der Waals surface area contributed by atoms with Crippen LogP contribution in [-0.4, -0.2) is 69.6 Å². The first-order valence-corrected chi connectivity index (χ1v) is 11.6. The van der Waals surface area contributed by atoms with Crippen molar-refractivity contribution in [2.24, 2.45) is 4.99 Å². The Labute approximate surface area is 205 Å². The summed E-state index contributed by atoms with van der Waals surface area (Å²) in [5.41, 5.74) is 2.47. The second-order valence-corrected chi connectivity index (χ2v) is 8.31. The first kappa shape index (κ1) is 26.2. The number of rotatable bonds is 8. The van der Waals surface area contributed by atoms with Crippen molar-refractivity contribution in [3.8, 4) is 5.75 Å². The van der Waals surface area contributed by atoms with Crippen LogP contribution in [0, 0.1) is 6.92 Å². The summed E-state index contributed by atoms with van der Waals surface area (Å²) < 4.78 is 17.5. The van der Waals surface area contributed by atoms with Gasteiger partial charge < -0.3 is 24.4 Å². The Morgan fingerprint density at radius 3 is 2.71 bits per heavy atom. The molecule has 6 nitrogen and oxygen atoms in total. The molecule has 0 amide bonds. The lowest BCUT2D eigenvalue weighted by molar-refractivity contribution is -0.0721. The third-order valence-corrected chi connectivity index (χ3v) is 5.95. The normalized spacial score (nSPS) is 20.3. The molecule has 176 valence electrons. The van der Waals surface area contributed by atoms with Crippen LogP contribution in [0.2, 0.25) is 0 Å². The number of aryl methyl sites for hydroxylation is 1. The molecule has 2 fully saturated rings. The fourth-order valence-corrected chi connectivity index (χ4v) is 4.23. The topological polar surface area (TPSA) is 55.3 Å². The lowest BCUT2D eigenvalue weighted by Gasteiger charge is -2.35. The zero-order valence-corrected chi connectivity index (χ0v) is 21.7. The molecule has 0 bridgehead atoms. The lowest BCUT2D eigenvalue weighted by atomic mass is 10.1. The highest BCUT2D eigenvalue weighted by Gasteiger charge is 2.23. The molecule has 2 aliphatic rings. The molecule has 1 aromatic carbocycles. The van der Waals surface area contributed by atoms with E-state index in [-0.39, 0.29) is 24.0 Å². The standard InChI is InChI=1S/C24H39N3O3.HI/c1-4-25-24(26-13-10-20-17-19(2)8-9-23(20)28-3)27-14-11-21(12-15-27)30-18-22-7-5-6-16-29-22;/h8-9,17,21-22H,4-7,10-16,18H2,1-3H3,(H,25,26);1H. The van der Waals surface area contributed by atoms with Crippen molar-refractivity contribution in [2.75, 3.05) is 46.5 Å². The Morgan fingerprint density at radius 1 is 1.23 bits per heavy atom. The van der Waals surface area contributed by atoms with E-state index < -0.39 is 0 Å². The maximum atomic E-state index is 6.16. The molecule has 0 radical (unpaired) electrons. The fraction of sp³-hybridized carbons (Fsp3) is 0.708. The summed E-state index contributed by atoms with van der Waals surface area (Å²) in [5, 5.41) is 3.46. The molecule has 2 aliphatic heterocycles. The Morgan fingerprint density at radius 2 is 2.03 bits per heavy atom. The second-order valence-electron chi connectivity index (χ2n) is 8.31.